The van der Waals surface area contributed by atoms with E-state index in [-0.39, 0.29) is 5.91 Å². The number of carbonyl (C=O) groups is 1. The van der Waals surface area contributed by atoms with E-state index in [1.165, 1.54) is 25.7 Å². The van der Waals surface area contributed by atoms with Crippen molar-refractivity contribution >= 4 is 16.8 Å². The number of nitrogens with zero attached hydrogens (tertiary/aromatic N) is 4. The fraction of sp³-hybridized carbons (Fsp3) is 0.304. The Bertz CT molecular complexity index is 1160. The number of aromatic amines is 1. The number of fused-ring (bicyclic) bond motifs is 1. The zero-order chi connectivity index (χ0) is 20.3. The maximum absolute atomic E-state index is 13.3. The van der Waals surface area contributed by atoms with E-state index in [0.29, 0.717) is 30.4 Å². The molecule has 7 heteroatoms. The van der Waals surface area contributed by atoms with Crippen LogP contribution in [-0.4, -0.2) is 37.6 Å². The topological polar surface area (TPSA) is 88.5 Å². The van der Waals surface area contributed by atoms with Crippen LogP contribution in [0.1, 0.15) is 41.7 Å². The van der Waals surface area contributed by atoms with Crippen molar-refractivity contribution in [1.82, 2.24) is 30.5 Å². The van der Waals surface area contributed by atoms with Gasteiger partial charge in [-0.15, -0.1) is 5.10 Å². The van der Waals surface area contributed by atoms with Crippen molar-refractivity contribution in [3.05, 3.63) is 66.0 Å². The van der Waals surface area contributed by atoms with E-state index >= 15 is 0 Å². The Balaban J connectivity index is 1.49. The first kappa shape index (κ1) is 18.5. The molecule has 0 spiro atoms. The highest BCUT2D eigenvalue weighted by atomic mass is 16.2. The smallest absolute Gasteiger partial charge is 0.271 e. The molecule has 0 saturated heterocycles. The Hall–Kier alpha value is -3.48. The van der Waals surface area contributed by atoms with E-state index in [9.17, 15) is 4.79 Å². The summed E-state index contributed by atoms with van der Waals surface area (Å²) in [6, 6.07) is 15.9. The van der Waals surface area contributed by atoms with Crippen molar-refractivity contribution < 1.29 is 4.79 Å². The Morgan fingerprint density at radius 2 is 1.97 bits per heavy atom. The van der Waals surface area contributed by atoms with Crippen molar-refractivity contribution in [2.45, 2.75) is 32.2 Å². The number of benzene rings is 2. The molecule has 1 fully saturated rings. The van der Waals surface area contributed by atoms with Gasteiger partial charge in [0.05, 0.1) is 18.3 Å². The molecular weight excluding hydrogens is 376 g/mol. The Labute approximate surface area is 174 Å². The summed E-state index contributed by atoms with van der Waals surface area (Å²) in [6.07, 6.45) is 6.65. The van der Waals surface area contributed by atoms with Crippen LogP contribution in [0.3, 0.4) is 0 Å². The minimum Gasteiger partial charge on any atom is -0.350 e. The minimum atomic E-state index is -0.120. The SMILES string of the molecule is O=C(NCC1CCCC1)c1c(-c2ccc3[nH]ncc3c2)nnn1Cc1ccccc1. The quantitative estimate of drug-likeness (QED) is 0.515. The van der Waals surface area contributed by atoms with E-state index in [4.69, 9.17) is 0 Å². The lowest BCUT2D eigenvalue weighted by molar-refractivity contribution is 0.0937. The zero-order valence-corrected chi connectivity index (χ0v) is 16.7. The number of nitrogens with one attached hydrogen (secondary N) is 2. The van der Waals surface area contributed by atoms with Gasteiger partial charge in [0.2, 0.25) is 0 Å². The summed E-state index contributed by atoms with van der Waals surface area (Å²) >= 11 is 0. The molecule has 152 valence electrons. The molecule has 1 aliphatic rings. The molecule has 0 unspecified atom stereocenters. The standard InChI is InChI=1S/C23H24N6O/c30-23(24-13-16-6-4-5-7-16)22-21(18-10-11-20-19(12-18)14-25-26-20)27-28-29(22)15-17-8-2-1-3-9-17/h1-3,8-12,14,16H,4-7,13,15H2,(H,24,30)(H,25,26). The summed E-state index contributed by atoms with van der Waals surface area (Å²) in [4.78, 5) is 13.3. The van der Waals surface area contributed by atoms with Crippen LogP contribution in [0, 0.1) is 5.92 Å². The average Bonchev–Trinajstić information content (AvgIpc) is 3.53. The highest BCUT2D eigenvalue weighted by Crippen LogP contribution is 2.26. The number of hydrogen-bond acceptors (Lipinski definition) is 4. The fourth-order valence-electron chi connectivity index (χ4n) is 4.22. The molecule has 1 amide bonds. The summed E-state index contributed by atoms with van der Waals surface area (Å²) < 4.78 is 1.70. The average molecular weight is 400 g/mol. The van der Waals surface area contributed by atoms with Crippen molar-refractivity contribution in [2.24, 2.45) is 5.92 Å². The van der Waals surface area contributed by atoms with E-state index in [1.54, 1.807) is 10.9 Å². The number of hydrogen-bond donors (Lipinski definition) is 2. The number of carbonyl (C=O) groups excluding carboxylic acids is 1. The normalized spacial score (nSPS) is 14.4. The molecule has 1 saturated carbocycles. The predicted octanol–water partition coefficient (Wildman–Crippen LogP) is 3.79. The van der Waals surface area contributed by atoms with Gasteiger partial charge in [0, 0.05) is 17.5 Å². The lowest BCUT2D eigenvalue weighted by atomic mass is 10.1. The highest BCUT2D eigenvalue weighted by molar-refractivity contribution is 5.99. The molecule has 4 aromatic rings. The van der Waals surface area contributed by atoms with Gasteiger partial charge in [-0.05, 0) is 36.5 Å². The molecule has 7 nitrogen and oxygen atoms in total. The summed E-state index contributed by atoms with van der Waals surface area (Å²) in [6.45, 7) is 1.20. The number of aromatic nitrogens is 5. The molecule has 0 bridgehead atoms. The van der Waals surface area contributed by atoms with Gasteiger partial charge < -0.3 is 5.32 Å². The van der Waals surface area contributed by atoms with E-state index < -0.39 is 0 Å². The van der Waals surface area contributed by atoms with Crippen LogP contribution in [0.5, 0.6) is 0 Å². The molecule has 0 atom stereocenters. The predicted molar refractivity (Wildman–Crippen MR) is 115 cm³/mol. The highest BCUT2D eigenvalue weighted by Gasteiger charge is 2.24. The van der Waals surface area contributed by atoms with Crippen LogP contribution in [0.25, 0.3) is 22.2 Å². The molecule has 1 aliphatic carbocycles. The van der Waals surface area contributed by atoms with Crippen LogP contribution in [0.15, 0.2) is 54.7 Å². The molecule has 30 heavy (non-hydrogen) atoms. The number of H-pyrrole nitrogens is 1. The summed E-state index contributed by atoms with van der Waals surface area (Å²) in [7, 11) is 0. The van der Waals surface area contributed by atoms with Gasteiger partial charge in [-0.3, -0.25) is 9.89 Å². The van der Waals surface area contributed by atoms with Gasteiger partial charge >= 0.3 is 0 Å². The molecule has 2 aromatic heterocycles. The second-order valence-electron chi connectivity index (χ2n) is 7.96. The first-order valence-corrected chi connectivity index (χ1v) is 10.5. The third-order valence-electron chi connectivity index (χ3n) is 5.87. The van der Waals surface area contributed by atoms with Gasteiger partial charge in [-0.1, -0.05) is 54.5 Å². The first-order valence-electron chi connectivity index (χ1n) is 10.5. The van der Waals surface area contributed by atoms with Crippen molar-refractivity contribution in [3.63, 3.8) is 0 Å². The van der Waals surface area contributed by atoms with Crippen LogP contribution in [0.4, 0.5) is 0 Å². The van der Waals surface area contributed by atoms with Crippen LogP contribution >= 0.6 is 0 Å². The number of rotatable bonds is 6. The second-order valence-corrected chi connectivity index (χ2v) is 7.96. The summed E-state index contributed by atoms with van der Waals surface area (Å²) in [5.74, 6) is 0.447. The van der Waals surface area contributed by atoms with E-state index in [0.717, 1.165) is 22.0 Å². The zero-order valence-electron chi connectivity index (χ0n) is 16.7. The van der Waals surface area contributed by atoms with Gasteiger partial charge in [0.1, 0.15) is 5.69 Å². The second kappa shape index (κ2) is 8.10. The van der Waals surface area contributed by atoms with E-state index in [1.807, 2.05) is 48.5 Å². The van der Waals surface area contributed by atoms with Crippen LogP contribution < -0.4 is 5.32 Å². The molecule has 0 radical (unpaired) electrons. The van der Waals surface area contributed by atoms with Gasteiger partial charge in [-0.2, -0.15) is 5.10 Å². The van der Waals surface area contributed by atoms with Gasteiger partial charge in [-0.25, -0.2) is 4.68 Å². The molecule has 5 rings (SSSR count). The van der Waals surface area contributed by atoms with Gasteiger partial charge in [0.25, 0.3) is 5.91 Å². The lowest BCUT2D eigenvalue weighted by Crippen LogP contribution is -2.31. The lowest BCUT2D eigenvalue weighted by Gasteiger charge is -2.12. The molecule has 0 aliphatic heterocycles. The Morgan fingerprint density at radius 1 is 1.13 bits per heavy atom. The molecule has 2 aromatic carbocycles. The van der Waals surface area contributed by atoms with Crippen molar-refractivity contribution in [1.29, 1.82) is 0 Å². The maximum atomic E-state index is 13.3. The largest absolute Gasteiger partial charge is 0.350 e. The number of amides is 1. The fourth-order valence-corrected chi connectivity index (χ4v) is 4.22. The van der Waals surface area contributed by atoms with Crippen LogP contribution in [0.2, 0.25) is 0 Å². The third kappa shape index (κ3) is 3.70. The third-order valence-corrected chi connectivity index (χ3v) is 5.87. The molecule has 2 N–H and O–H groups in total. The van der Waals surface area contributed by atoms with Crippen molar-refractivity contribution in [3.8, 4) is 11.3 Å². The molecular formula is C23H24N6O. The summed E-state index contributed by atoms with van der Waals surface area (Å²) in [5.41, 5.74) is 3.97. The first-order chi connectivity index (χ1) is 14.8. The van der Waals surface area contributed by atoms with Crippen LogP contribution in [-0.2, 0) is 6.54 Å². The maximum Gasteiger partial charge on any atom is 0.271 e. The summed E-state index contributed by atoms with van der Waals surface area (Å²) in [5, 5.41) is 19.9. The minimum absolute atomic E-state index is 0.120. The van der Waals surface area contributed by atoms with E-state index in [2.05, 4.69) is 25.8 Å². The monoisotopic (exact) mass is 400 g/mol. The molecule has 2 heterocycles. The van der Waals surface area contributed by atoms with Crippen molar-refractivity contribution in [2.75, 3.05) is 6.54 Å². The Kier molecular flexibility index (Phi) is 5.01. The van der Waals surface area contributed by atoms with Gasteiger partial charge in [0.15, 0.2) is 5.69 Å². The Morgan fingerprint density at radius 3 is 2.80 bits per heavy atom.